The molecule has 19 heteroatoms. The van der Waals surface area contributed by atoms with Gasteiger partial charge in [0, 0.05) is 18.2 Å². The van der Waals surface area contributed by atoms with Crippen molar-refractivity contribution >= 4 is 18.1 Å². The van der Waals surface area contributed by atoms with Crippen molar-refractivity contribution in [3.05, 3.63) is 77.1 Å². The van der Waals surface area contributed by atoms with Crippen LogP contribution in [0.15, 0.2) is 60.4 Å². The SMILES string of the molecule is COc1cc(C2[OH+]c3cc(O)cc(OC4OC(CO)C(O)C(O)C4O)c3C=C2OC2OC(COC(=O)C=Cc3ccc(O)cc3)C(O)C(O)C2O)cc(OC)c1O. The topological polar surface area (TPSA) is 297 Å². The second kappa shape index (κ2) is 17.4. The third-order valence-electron chi connectivity index (χ3n) is 9.45. The van der Waals surface area contributed by atoms with E-state index in [9.17, 15) is 55.9 Å². The molecule has 3 aromatic rings. The summed E-state index contributed by atoms with van der Waals surface area (Å²) in [6, 6.07) is 11.2. The van der Waals surface area contributed by atoms with Gasteiger partial charge in [-0.15, -0.1) is 0 Å². The first-order valence-corrected chi connectivity index (χ1v) is 17.4. The predicted molar refractivity (Wildman–Crippen MR) is 192 cm³/mol. The molecule has 11 unspecified atom stereocenters. The van der Waals surface area contributed by atoms with Gasteiger partial charge in [0.05, 0.1) is 32.5 Å². The maximum Gasteiger partial charge on any atom is 0.330 e. The fraction of sp³-hybridized carbons (Fsp3) is 0.395. The summed E-state index contributed by atoms with van der Waals surface area (Å²) in [5, 5.41) is 104. The third-order valence-corrected chi connectivity index (χ3v) is 9.45. The van der Waals surface area contributed by atoms with E-state index < -0.39 is 86.7 Å². The molecule has 3 aliphatic rings. The van der Waals surface area contributed by atoms with Crippen molar-refractivity contribution in [3.8, 4) is 40.2 Å². The highest BCUT2D eigenvalue weighted by Gasteiger charge is 2.48. The molecule has 0 spiro atoms. The van der Waals surface area contributed by atoms with Crippen LogP contribution in [0.3, 0.4) is 0 Å². The summed E-state index contributed by atoms with van der Waals surface area (Å²) in [4.78, 5) is 12.5. The lowest BCUT2D eigenvalue weighted by molar-refractivity contribution is -0.296. The molecule has 0 saturated carbocycles. The quantitative estimate of drug-likeness (QED) is 0.0622. The number of phenols is 3. The predicted octanol–water partition coefficient (Wildman–Crippen LogP) is -0.583. The molecule has 2 fully saturated rings. The molecule has 19 nitrogen and oxygen atoms in total. The van der Waals surface area contributed by atoms with E-state index in [1.165, 1.54) is 56.7 Å². The molecule has 0 radical (unpaired) electrons. The van der Waals surface area contributed by atoms with Crippen LogP contribution in [0, 0.1) is 0 Å². The van der Waals surface area contributed by atoms with E-state index in [0.717, 1.165) is 12.1 Å². The molecule has 0 aromatic heterocycles. The summed E-state index contributed by atoms with van der Waals surface area (Å²) in [5.74, 6) is -1.80. The maximum atomic E-state index is 12.5. The Kier molecular flexibility index (Phi) is 12.6. The molecule has 3 aromatic carbocycles. The fourth-order valence-electron chi connectivity index (χ4n) is 6.32. The molecule has 3 aliphatic heterocycles. The van der Waals surface area contributed by atoms with Crippen molar-refractivity contribution in [2.24, 2.45) is 0 Å². The first-order chi connectivity index (χ1) is 27.2. The molecule has 6 rings (SSSR count). The van der Waals surface area contributed by atoms with Crippen molar-refractivity contribution in [2.75, 3.05) is 27.4 Å². The van der Waals surface area contributed by atoms with Crippen molar-refractivity contribution in [1.29, 1.82) is 0 Å². The average molecular weight is 804 g/mol. The van der Waals surface area contributed by atoms with E-state index in [1.807, 2.05) is 0 Å². The maximum absolute atomic E-state index is 12.5. The molecular formula is C38H43O19+. The Labute approximate surface area is 323 Å². The van der Waals surface area contributed by atoms with Gasteiger partial charge in [0.15, 0.2) is 17.3 Å². The van der Waals surface area contributed by atoms with Gasteiger partial charge in [-0.3, -0.25) is 0 Å². The van der Waals surface area contributed by atoms with Gasteiger partial charge in [-0.05, 0) is 35.9 Å². The molecule has 0 aliphatic carbocycles. The zero-order chi connectivity index (χ0) is 41.1. The van der Waals surface area contributed by atoms with Crippen LogP contribution in [0.1, 0.15) is 22.8 Å². The number of hydrogen-bond donors (Lipinski definition) is 10. The summed E-state index contributed by atoms with van der Waals surface area (Å²) in [6.07, 6.45) is -14.3. The van der Waals surface area contributed by atoms with Gasteiger partial charge in [0.1, 0.15) is 78.3 Å². The van der Waals surface area contributed by atoms with Gasteiger partial charge in [-0.1, -0.05) is 12.1 Å². The van der Waals surface area contributed by atoms with Gasteiger partial charge >= 0.3 is 5.97 Å². The smallest absolute Gasteiger partial charge is 0.330 e. The number of aromatic hydroxyl groups is 4. The van der Waals surface area contributed by atoms with Crippen LogP contribution < -0.4 is 14.2 Å². The molecule has 11 atom stereocenters. The number of benzene rings is 3. The summed E-state index contributed by atoms with van der Waals surface area (Å²) in [6.45, 7) is -1.33. The molecule has 2 saturated heterocycles. The highest BCUT2D eigenvalue weighted by atomic mass is 16.7. The van der Waals surface area contributed by atoms with Crippen molar-refractivity contribution in [2.45, 2.75) is 67.5 Å². The van der Waals surface area contributed by atoms with Crippen molar-refractivity contribution < 1.29 is 93.8 Å². The first-order valence-electron chi connectivity index (χ1n) is 17.4. The van der Waals surface area contributed by atoms with E-state index in [-0.39, 0.29) is 57.1 Å². The second-order valence-corrected chi connectivity index (χ2v) is 13.2. The van der Waals surface area contributed by atoms with Gasteiger partial charge in [-0.25, -0.2) is 4.79 Å². The molecule has 3 heterocycles. The Hall–Kier alpha value is -5.35. The first kappa shape index (κ1) is 41.3. The van der Waals surface area contributed by atoms with Crippen LogP contribution >= 0.6 is 0 Å². The molecule has 0 bridgehead atoms. The van der Waals surface area contributed by atoms with Crippen LogP contribution in [0.25, 0.3) is 12.2 Å². The van der Waals surface area contributed by atoms with Crippen LogP contribution in [0.5, 0.6) is 40.2 Å². The largest absolute Gasteiger partial charge is 0.571 e. The summed E-state index contributed by atoms with van der Waals surface area (Å²) in [5.41, 5.74) is 0.939. The monoisotopic (exact) mass is 803 g/mol. The Morgan fingerprint density at radius 2 is 1.33 bits per heavy atom. The normalized spacial score (nSPS) is 29.8. The minimum atomic E-state index is -1.89. The molecular weight excluding hydrogens is 760 g/mol. The van der Waals surface area contributed by atoms with E-state index in [0.29, 0.717) is 5.56 Å². The van der Waals surface area contributed by atoms with Crippen LogP contribution in [-0.2, 0) is 23.7 Å². The number of esters is 1. The number of carbonyl (C=O) groups is 1. The highest BCUT2D eigenvalue weighted by Crippen LogP contribution is 2.49. The zero-order valence-corrected chi connectivity index (χ0v) is 30.3. The van der Waals surface area contributed by atoms with E-state index >= 15 is 0 Å². The summed E-state index contributed by atoms with van der Waals surface area (Å²) >= 11 is 0. The number of aliphatic hydroxyl groups excluding tert-OH is 7. The van der Waals surface area contributed by atoms with E-state index in [4.69, 9.17) is 37.9 Å². The minimum Gasteiger partial charge on any atom is -0.571 e. The Morgan fingerprint density at radius 3 is 1.95 bits per heavy atom. The van der Waals surface area contributed by atoms with Crippen molar-refractivity contribution in [3.63, 3.8) is 0 Å². The number of carbonyl (C=O) groups excluding carboxylic acids is 1. The summed E-state index contributed by atoms with van der Waals surface area (Å²) in [7, 11) is 2.60. The minimum absolute atomic E-state index is 0.0268. The lowest BCUT2D eigenvalue weighted by atomic mass is 9.98. The standard InChI is InChI=1S/C38H42O19/c1-50-23-9-17(10-24(51-2)29(23)43)36-25(13-20-21(53-36)11-19(41)12-22(20)54-37-34(48)32(46)30(44)26(14-39)56-37)55-38-35(49)33(47)31(45)27(57-38)15-52-28(42)8-5-16-3-6-18(40)7-4-16/h3-13,26-27,30-41,43-49H,14-15H2,1-2H3/p+1. The van der Waals surface area contributed by atoms with Gasteiger partial charge in [0.2, 0.25) is 18.3 Å². The number of ether oxygens (including phenoxy) is 8. The van der Waals surface area contributed by atoms with Crippen molar-refractivity contribution in [1.82, 2.24) is 0 Å². The Balaban J connectivity index is 1.32. The van der Waals surface area contributed by atoms with E-state index in [2.05, 4.69) is 0 Å². The number of rotatable bonds is 12. The number of phenolic OH excluding ortho intramolecular Hbond substituents is 3. The fourth-order valence-corrected chi connectivity index (χ4v) is 6.32. The van der Waals surface area contributed by atoms with Gasteiger partial charge < -0.3 is 89.0 Å². The van der Waals surface area contributed by atoms with Gasteiger partial charge in [-0.2, -0.15) is 0 Å². The molecule has 57 heavy (non-hydrogen) atoms. The molecule has 308 valence electrons. The molecule has 0 amide bonds. The zero-order valence-electron chi connectivity index (χ0n) is 30.3. The number of hydrogen-bond acceptors (Lipinski definition) is 18. The Bertz CT molecular complexity index is 1920. The average Bonchev–Trinajstić information content (AvgIpc) is 3.20. The highest BCUT2D eigenvalue weighted by molar-refractivity contribution is 5.87. The Morgan fingerprint density at radius 1 is 0.737 bits per heavy atom. The molecule has 11 N–H and O–H groups in total. The second-order valence-electron chi connectivity index (χ2n) is 13.2. The van der Waals surface area contributed by atoms with Gasteiger partial charge in [0.25, 0.3) is 11.9 Å². The third kappa shape index (κ3) is 8.81. The van der Waals surface area contributed by atoms with Crippen LogP contribution in [0.4, 0.5) is 0 Å². The summed E-state index contributed by atoms with van der Waals surface area (Å²) < 4.78 is 44.0. The number of aliphatic hydroxyl groups is 8. The van der Waals surface area contributed by atoms with E-state index in [1.54, 1.807) is 12.1 Å². The number of fused-ring (bicyclic) bond motifs is 1. The lowest BCUT2D eigenvalue weighted by Gasteiger charge is -2.41. The van der Waals surface area contributed by atoms with Crippen LogP contribution in [0.2, 0.25) is 0 Å². The van der Waals surface area contributed by atoms with Crippen LogP contribution in [-0.4, -0.2) is 151 Å². The lowest BCUT2D eigenvalue weighted by Crippen LogP contribution is -2.60. The number of methoxy groups -OCH3 is 2.